The van der Waals surface area contributed by atoms with Crippen LogP contribution in [0.25, 0.3) is 0 Å². The maximum Gasteiger partial charge on any atom is 0.255 e. The van der Waals surface area contributed by atoms with Crippen LogP contribution in [0.15, 0.2) is 52.5 Å². The van der Waals surface area contributed by atoms with Crippen molar-refractivity contribution in [2.75, 3.05) is 27.3 Å². The third-order valence-electron chi connectivity index (χ3n) is 3.97. The molecule has 0 spiro atoms. The van der Waals surface area contributed by atoms with Gasteiger partial charge in [0.25, 0.3) is 5.91 Å². The minimum absolute atomic E-state index is 0.00758. The zero-order chi connectivity index (χ0) is 21.4. The molecule has 2 rings (SSSR count). The van der Waals surface area contributed by atoms with E-state index in [9.17, 15) is 13.2 Å². The standard InChI is InChI=1S/C20H25N3O5S/c1-5-28-17-9-7-16(8-10-17)13-21-22-20(24)14-23(3)29(25,26)19-12-15(2)6-11-18(19)27-4/h6-13H,5,14H2,1-4H3,(H,22,24)/b21-13+. The van der Waals surface area contributed by atoms with Gasteiger partial charge in [-0.25, -0.2) is 13.8 Å². The molecule has 29 heavy (non-hydrogen) atoms. The number of aryl methyl sites for hydroxylation is 1. The zero-order valence-corrected chi connectivity index (χ0v) is 17.7. The van der Waals surface area contributed by atoms with Gasteiger partial charge in [-0.1, -0.05) is 6.07 Å². The van der Waals surface area contributed by atoms with E-state index < -0.39 is 15.9 Å². The molecule has 2 aromatic carbocycles. The van der Waals surface area contributed by atoms with Crippen molar-refractivity contribution in [3.63, 3.8) is 0 Å². The molecule has 0 saturated carbocycles. The molecule has 8 nitrogen and oxygen atoms in total. The van der Waals surface area contributed by atoms with Crippen molar-refractivity contribution in [2.24, 2.45) is 5.10 Å². The van der Waals surface area contributed by atoms with Crippen molar-refractivity contribution in [1.82, 2.24) is 9.73 Å². The predicted octanol–water partition coefficient (Wildman–Crippen LogP) is 2.17. The molecular formula is C20H25N3O5S. The van der Waals surface area contributed by atoms with E-state index in [2.05, 4.69) is 10.5 Å². The van der Waals surface area contributed by atoms with Gasteiger partial charge in [-0.15, -0.1) is 0 Å². The third-order valence-corrected chi connectivity index (χ3v) is 5.79. The smallest absolute Gasteiger partial charge is 0.255 e. The van der Waals surface area contributed by atoms with Crippen molar-refractivity contribution in [1.29, 1.82) is 0 Å². The number of likely N-dealkylation sites (N-methyl/N-ethyl adjacent to an activating group) is 1. The minimum atomic E-state index is -3.91. The Morgan fingerprint density at radius 3 is 2.52 bits per heavy atom. The van der Waals surface area contributed by atoms with E-state index in [1.54, 1.807) is 43.3 Å². The number of methoxy groups -OCH3 is 1. The molecule has 2 aromatic rings. The number of nitrogens with zero attached hydrogens (tertiary/aromatic N) is 2. The molecule has 0 aromatic heterocycles. The average molecular weight is 420 g/mol. The normalized spacial score (nSPS) is 11.6. The van der Waals surface area contributed by atoms with E-state index in [4.69, 9.17) is 9.47 Å². The van der Waals surface area contributed by atoms with Gasteiger partial charge in [0, 0.05) is 7.05 Å². The molecule has 1 N–H and O–H groups in total. The molecule has 0 aliphatic rings. The van der Waals surface area contributed by atoms with Gasteiger partial charge in [-0.05, 0) is 61.4 Å². The fraction of sp³-hybridized carbons (Fsp3) is 0.300. The molecule has 0 saturated heterocycles. The number of ether oxygens (including phenoxy) is 2. The lowest BCUT2D eigenvalue weighted by molar-refractivity contribution is -0.121. The summed E-state index contributed by atoms with van der Waals surface area (Å²) in [6.07, 6.45) is 1.46. The molecular weight excluding hydrogens is 394 g/mol. The zero-order valence-electron chi connectivity index (χ0n) is 16.9. The maximum absolute atomic E-state index is 12.8. The fourth-order valence-electron chi connectivity index (χ4n) is 2.47. The van der Waals surface area contributed by atoms with Crippen LogP contribution in [0.1, 0.15) is 18.1 Å². The Bertz CT molecular complexity index is 972. The predicted molar refractivity (Wildman–Crippen MR) is 111 cm³/mol. The van der Waals surface area contributed by atoms with Crippen LogP contribution < -0.4 is 14.9 Å². The van der Waals surface area contributed by atoms with Crippen molar-refractivity contribution in [3.8, 4) is 11.5 Å². The van der Waals surface area contributed by atoms with E-state index >= 15 is 0 Å². The Morgan fingerprint density at radius 2 is 1.90 bits per heavy atom. The highest BCUT2D eigenvalue weighted by Gasteiger charge is 2.26. The number of hydrogen-bond donors (Lipinski definition) is 1. The summed E-state index contributed by atoms with van der Waals surface area (Å²) in [5.41, 5.74) is 3.86. The van der Waals surface area contributed by atoms with Crippen molar-refractivity contribution in [3.05, 3.63) is 53.6 Å². The van der Waals surface area contributed by atoms with Crippen LogP contribution in [-0.2, 0) is 14.8 Å². The van der Waals surface area contributed by atoms with E-state index in [0.717, 1.165) is 21.2 Å². The van der Waals surface area contributed by atoms with Crippen LogP contribution in [0, 0.1) is 6.92 Å². The number of amides is 1. The number of nitrogens with one attached hydrogen (secondary N) is 1. The van der Waals surface area contributed by atoms with Gasteiger partial charge in [0.2, 0.25) is 10.0 Å². The summed E-state index contributed by atoms with van der Waals surface area (Å²) in [5.74, 6) is 0.397. The quantitative estimate of drug-likeness (QED) is 0.496. The van der Waals surface area contributed by atoms with Gasteiger partial charge in [-0.3, -0.25) is 4.79 Å². The summed E-state index contributed by atoms with van der Waals surface area (Å²) in [5, 5.41) is 3.86. The average Bonchev–Trinajstić information content (AvgIpc) is 2.69. The van der Waals surface area contributed by atoms with Crippen LogP contribution in [-0.4, -0.2) is 52.2 Å². The number of carbonyl (C=O) groups is 1. The van der Waals surface area contributed by atoms with Crippen LogP contribution in [0.5, 0.6) is 11.5 Å². The van der Waals surface area contributed by atoms with Gasteiger partial charge in [-0.2, -0.15) is 9.41 Å². The summed E-state index contributed by atoms with van der Waals surface area (Å²) in [6, 6.07) is 12.0. The summed E-state index contributed by atoms with van der Waals surface area (Å²) in [6.45, 7) is 3.87. The van der Waals surface area contributed by atoms with E-state index in [1.165, 1.54) is 26.4 Å². The second-order valence-corrected chi connectivity index (χ2v) is 8.22. The van der Waals surface area contributed by atoms with Crippen LogP contribution in [0.2, 0.25) is 0 Å². The van der Waals surface area contributed by atoms with E-state index in [-0.39, 0.29) is 17.2 Å². The SMILES string of the molecule is CCOc1ccc(/C=N/NC(=O)CN(C)S(=O)(=O)c2cc(C)ccc2OC)cc1. The number of hydrazone groups is 1. The molecule has 0 aliphatic heterocycles. The number of carbonyl (C=O) groups excluding carboxylic acids is 1. The summed E-state index contributed by atoms with van der Waals surface area (Å²) >= 11 is 0. The Morgan fingerprint density at radius 1 is 1.21 bits per heavy atom. The van der Waals surface area contributed by atoms with Crippen molar-refractivity contribution >= 4 is 22.1 Å². The number of sulfonamides is 1. The van der Waals surface area contributed by atoms with Gasteiger partial charge >= 0.3 is 0 Å². The maximum atomic E-state index is 12.8. The second-order valence-electron chi connectivity index (χ2n) is 6.21. The molecule has 0 unspecified atom stereocenters. The fourth-order valence-corrected chi connectivity index (χ4v) is 3.83. The Hall–Kier alpha value is -2.91. The molecule has 0 fully saturated rings. The highest BCUT2D eigenvalue weighted by atomic mass is 32.2. The Kier molecular flexibility index (Phi) is 7.74. The molecule has 156 valence electrons. The highest BCUT2D eigenvalue weighted by Crippen LogP contribution is 2.27. The first-order valence-corrected chi connectivity index (χ1v) is 10.4. The van der Waals surface area contributed by atoms with E-state index in [1.807, 2.05) is 6.92 Å². The number of benzene rings is 2. The summed E-state index contributed by atoms with van der Waals surface area (Å²) in [4.78, 5) is 12.1. The molecule has 0 radical (unpaired) electrons. The second kappa shape index (κ2) is 10.0. The van der Waals surface area contributed by atoms with Crippen LogP contribution >= 0.6 is 0 Å². The van der Waals surface area contributed by atoms with Crippen molar-refractivity contribution in [2.45, 2.75) is 18.7 Å². The number of rotatable bonds is 9. The first-order chi connectivity index (χ1) is 13.8. The third kappa shape index (κ3) is 6.03. The monoisotopic (exact) mass is 419 g/mol. The van der Waals surface area contributed by atoms with Crippen LogP contribution in [0.4, 0.5) is 0 Å². The highest BCUT2D eigenvalue weighted by molar-refractivity contribution is 7.89. The molecule has 0 heterocycles. The summed E-state index contributed by atoms with van der Waals surface area (Å²) in [7, 11) is -1.18. The molecule has 0 aliphatic carbocycles. The van der Waals surface area contributed by atoms with Gasteiger partial charge in [0.05, 0.1) is 26.5 Å². The Labute approximate surface area is 171 Å². The Balaban J connectivity index is 2.00. The largest absolute Gasteiger partial charge is 0.495 e. The van der Waals surface area contributed by atoms with Gasteiger partial charge < -0.3 is 9.47 Å². The minimum Gasteiger partial charge on any atom is -0.495 e. The molecule has 9 heteroatoms. The lowest BCUT2D eigenvalue weighted by Gasteiger charge is -2.18. The lowest BCUT2D eigenvalue weighted by Crippen LogP contribution is -2.36. The number of hydrogen-bond acceptors (Lipinski definition) is 6. The van der Waals surface area contributed by atoms with Gasteiger partial charge in [0.1, 0.15) is 16.4 Å². The first-order valence-electron chi connectivity index (χ1n) is 8.93. The van der Waals surface area contributed by atoms with E-state index in [0.29, 0.717) is 6.61 Å². The first kappa shape index (κ1) is 22.4. The van der Waals surface area contributed by atoms with Crippen LogP contribution in [0.3, 0.4) is 0 Å². The van der Waals surface area contributed by atoms with Crippen molar-refractivity contribution < 1.29 is 22.7 Å². The molecule has 0 bridgehead atoms. The molecule has 0 atom stereocenters. The topological polar surface area (TPSA) is 97.3 Å². The molecule has 1 amide bonds. The summed E-state index contributed by atoms with van der Waals surface area (Å²) < 4.78 is 37.0. The lowest BCUT2D eigenvalue weighted by atomic mass is 10.2. The van der Waals surface area contributed by atoms with Gasteiger partial charge in [0.15, 0.2) is 0 Å².